The lowest BCUT2D eigenvalue weighted by molar-refractivity contribution is 0.207. The Bertz CT molecular complexity index is 1050. The minimum Gasteiger partial charge on any atom is -0.368 e. The van der Waals surface area contributed by atoms with E-state index in [1.54, 1.807) is 13.0 Å². The van der Waals surface area contributed by atoms with E-state index in [1.807, 2.05) is 0 Å². The van der Waals surface area contributed by atoms with E-state index in [9.17, 15) is 4.79 Å². The summed E-state index contributed by atoms with van der Waals surface area (Å²) < 4.78 is 104. The number of aryl methyl sites for hydroxylation is 1. The number of nitrogens with two attached hydrogens (primary N) is 1. The minimum atomic E-state index is -3.60. The normalized spacial score (nSPS) is 40.2. The average Bonchev–Trinajstić information content (AvgIpc) is 2.75. The molecule has 1 aliphatic heterocycles. The number of carbonyl (C=O) groups is 1. The van der Waals surface area contributed by atoms with E-state index in [2.05, 4.69) is 5.32 Å². The van der Waals surface area contributed by atoms with Gasteiger partial charge in [0.1, 0.15) is 0 Å². The Morgan fingerprint density at radius 2 is 2.00 bits per heavy atom. The molecule has 2 aliphatic rings. The van der Waals surface area contributed by atoms with Crippen LogP contribution in [0.5, 0.6) is 0 Å². The van der Waals surface area contributed by atoms with Crippen LogP contribution in [0, 0.1) is 12.8 Å². The second-order valence-corrected chi connectivity index (χ2v) is 6.72. The molecule has 0 bridgehead atoms. The second kappa shape index (κ2) is 8.96. The maximum absolute atomic E-state index is 11.1. The van der Waals surface area contributed by atoms with Crippen LogP contribution < -0.4 is 16.0 Å². The predicted molar refractivity (Wildman–Crippen MR) is 108 cm³/mol. The molecule has 2 fully saturated rings. The van der Waals surface area contributed by atoms with E-state index >= 15 is 0 Å². The molecule has 0 spiro atoms. The highest BCUT2D eigenvalue weighted by atomic mass is 35.5. The molecule has 1 aromatic carbocycles. The molecule has 0 radical (unpaired) electrons. The van der Waals surface area contributed by atoms with E-state index in [0.717, 1.165) is 0 Å². The lowest BCUT2D eigenvalue weighted by Crippen LogP contribution is -2.47. The molecule has 1 aromatic rings. The molecule has 1 saturated carbocycles. The van der Waals surface area contributed by atoms with Gasteiger partial charge in [0.05, 0.1) is 16.2 Å². The van der Waals surface area contributed by atoms with Crippen LogP contribution in [0.15, 0.2) is 18.2 Å². The first-order chi connectivity index (χ1) is 17.1. The van der Waals surface area contributed by atoms with Crippen molar-refractivity contribution in [2.45, 2.75) is 45.0 Å². The summed E-state index contributed by atoms with van der Waals surface area (Å²) in [5.74, 6) is -1.07. The van der Waals surface area contributed by atoms with Gasteiger partial charge in [0.25, 0.3) is 0 Å². The van der Waals surface area contributed by atoms with E-state index in [1.165, 1.54) is 12.1 Å². The third-order valence-electron chi connectivity index (χ3n) is 4.41. The highest BCUT2D eigenvalue weighted by Gasteiger charge is 2.24. The van der Waals surface area contributed by atoms with E-state index in [-0.39, 0.29) is 52.2 Å². The highest BCUT2D eigenvalue weighted by molar-refractivity contribution is 6.34. The van der Waals surface area contributed by atoms with Crippen molar-refractivity contribution in [3.63, 3.8) is 0 Å². The van der Waals surface area contributed by atoms with Crippen LogP contribution in [0.3, 0.4) is 0 Å². The molecule has 3 rings (SSSR count). The van der Waals surface area contributed by atoms with Gasteiger partial charge in [-0.25, -0.2) is 4.79 Å². The molecule has 144 valence electrons. The molecule has 0 unspecified atom stereocenters. The number of benzene rings is 1. The highest BCUT2D eigenvalue weighted by Crippen LogP contribution is 2.30. The number of hydrogen-bond acceptors (Lipinski definition) is 3. The maximum atomic E-state index is 11.1. The van der Waals surface area contributed by atoms with Gasteiger partial charge in [0.2, 0.25) is 0 Å². The Kier molecular flexibility index (Phi) is 3.15. The second-order valence-electron chi connectivity index (χ2n) is 6.34. The Morgan fingerprint density at radius 3 is 2.65 bits per heavy atom. The zero-order valence-electron chi connectivity index (χ0n) is 26.5. The Labute approximate surface area is 178 Å². The number of halogens is 1. The van der Waals surface area contributed by atoms with Crippen LogP contribution in [0.4, 0.5) is 10.5 Å². The fraction of sp³-hybridized carbons (Fsp3) is 0.650. The summed E-state index contributed by atoms with van der Waals surface area (Å²) in [6.45, 7) is -16.0. The van der Waals surface area contributed by atoms with Gasteiger partial charge in [-0.1, -0.05) is 23.7 Å². The van der Waals surface area contributed by atoms with Gasteiger partial charge < -0.3 is 16.0 Å². The standard InChI is InChI=1S/C20H31ClN4O/c1-15-3-2-4-18(19(15)21)25-13-11-24(12-14-25)10-9-16-5-7-17(8-6-16)23-20(22)26/h2-4,16-17H,5-14H2,1H3,(H3,22,23,26)/t16-,17-/i9D2,10D2,11D2,12D2,13D2,14D2. The number of nitrogens with one attached hydrogen (secondary N) is 1. The van der Waals surface area contributed by atoms with Crippen molar-refractivity contribution in [2.24, 2.45) is 11.7 Å². The number of carbonyl (C=O) groups excluding carboxylic acids is 1. The van der Waals surface area contributed by atoms with Crippen molar-refractivity contribution in [3.05, 3.63) is 28.8 Å². The summed E-state index contributed by atoms with van der Waals surface area (Å²) in [4.78, 5) is 11.1. The number of amides is 2. The van der Waals surface area contributed by atoms with E-state index < -0.39 is 50.8 Å². The van der Waals surface area contributed by atoms with Gasteiger partial charge in [-0.05, 0) is 63.0 Å². The largest absolute Gasteiger partial charge is 0.368 e. The van der Waals surface area contributed by atoms with Gasteiger partial charge in [-0.3, -0.25) is 4.90 Å². The number of hydrogen-bond donors (Lipinski definition) is 2. The summed E-state index contributed by atoms with van der Waals surface area (Å²) in [6.07, 6.45) is -2.39. The fourth-order valence-electron chi connectivity index (χ4n) is 2.98. The van der Waals surface area contributed by atoms with E-state index in [4.69, 9.17) is 33.8 Å². The molecular weight excluding hydrogens is 348 g/mol. The van der Waals surface area contributed by atoms with E-state index in [0.29, 0.717) is 5.56 Å². The maximum Gasteiger partial charge on any atom is 0.312 e. The van der Waals surface area contributed by atoms with Gasteiger partial charge in [0.15, 0.2) is 0 Å². The van der Waals surface area contributed by atoms with Crippen LogP contribution in [-0.2, 0) is 0 Å². The van der Waals surface area contributed by atoms with Crippen LogP contribution in [0.25, 0.3) is 0 Å². The third-order valence-corrected chi connectivity index (χ3v) is 4.91. The van der Waals surface area contributed by atoms with Gasteiger partial charge in [-0.15, -0.1) is 0 Å². The summed E-state index contributed by atoms with van der Waals surface area (Å²) in [5, 5.41) is 2.37. The number of piperazine rings is 1. The Morgan fingerprint density at radius 1 is 1.31 bits per heavy atom. The summed E-state index contributed by atoms with van der Waals surface area (Å²) >= 11 is 6.31. The van der Waals surface area contributed by atoms with Crippen LogP contribution in [-0.4, -0.2) is 49.5 Å². The lowest BCUT2D eigenvalue weighted by Gasteiger charge is -2.37. The number of nitrogens with zero attached hydrogens (tertiary/aromatic N) is 2. The fourth-order valence-corrected chi connectivity index (χ4v) is 3.19. The minimum absolute atomic E-state index is 0.0438. The Balaban J connectivity index is 2.10. The zero-order valence-corrected chi connectivity index (χ0v) is 15.2. The number of primary amides is 1. The van der Waals surface area contributed by atoms with Crippen LogP contribution in [0.1, 0.15) is 54.1 Å². The molecule has 6 heteroatoms. The molecule has 1 aliphatic carbocycles. The topological polar surface area (TPSA) is 61.6 Å². The number of urea groups is 1. The first kappa shape index (κ1) is 9.16. The van der Waals surface area contributed by atoms with Crippen molar-refractivity contribution in [3.8, 4) is 0 Å². The summed E-state index contributed by atoms with van der Waals surface area (Å²) in [7, 11) is 0. The molecular formula is C20H31ClN4O. The first-order valence-corrected chi connectivity index (χ1v) is 8.86. The molecule has 0 aromatic heterocycles. The molecule has 1 heterocycles. The van der Waals surface area contributed by atoms with Crippen molar-refractivity contribution in [1.29, 1.82) is 0 Å². The monoisotopic (exact) mass is 390 g/mol. The van der Waals surface area contributed by atoms with Crippen molar-refractivity contribution >= 4 is 23.3 Å². The van der Waals surface area contributed by atoms with Crippen LogP contribution in [0.2, 0.25) is 5.02 Å². The van der Waals surface area contributed by atoms with Gasteiger partial charge in [-0.2, -0.15) is 0 Å². The number of anilines is 1. The third kappa shape index (κ3) is 5.04. The van der Waals surface area contributed by atoms with Crippen molar-refractivity contribution in [1.82, 2.24) is 10.2 Å². The molecule has 1 saturated heterocycles. The molecule has 3 N–H and O–H groups in total. The smallest absolute Gasteiger partial charge is 0.312 e. The van der Waals surface area contributed by atoms with Crippen LogP contribution >= 0.6 is 11.6 Å². The summed E-state index contributed by atoms with van der Waals surface area (Å²) in [5.41, 5.74) is 5.19. The average molecular weight is 391 g/mol. The molecule has 26 heavy (non-hydrogen) atoms. The lowest BCUT2D eigenvalue weighted by atomic mass is 9.84. The van der Waals surface area contributed by atoms with Crippen molar-refractivity contribution in [2.75, 3.05) is 37.4 Å². The summed E-state index contributed by atoms with van der Waals surface area (Å²) in [6, 6.07) is 3.05. The first-order valence-electron chi connectivity index (χ1n) is 14.5. The predicted octanol–water partition coefficient (Wildman–Crippen LogP) is 3.39. The quantitative estimate of drug-likeness (QED) is 0.810. The molecule has 2 amide bonds. The van der Waals surface area contributed by atoms with Gasteiger partial charge in [0, 0.05) is 43.0 Å². The Hall–Kier alpha value is -1.46. The van der Waals surface area contributed by atoms with Gasteiger partial charge >= 0.3 is 6.03 Å². The SMILES string of the molecule is [2H]C1([2H])N(c2cccc(C)c2Cl)C([2H])([2H])C([2H])([2H])N(C([2H])([2H])C([2H])([2H])[C@H]2CC[C@H](NC(N)=O)CC2)C1([2H])[2H]. The molecule has 0 atom stereocenters. The molecule has 5 nitrogen and oxygen atoms in total. The van der Waals surface area contributed by atoms with Crippen molar-refractivity contribution < 1.29 is 21.2 Å². The zero-order chi connectivity index (χ0) is 29.3. The number of rotatable bonds is 5.